The number of likely N-dealkylation sites (tertiary alicyclic amines) is 1. The highest BCUT2D eigenvalue weighted by Gasteiger charge is 2.38. The number of amides is 1. The van der Waals surface area contributed by atoms with Gasteiger partial charge >= 0.3 is 0 Å². The number of β-amino-alcohol motifs (C(OH)–C–C–N with tert-alkyl or cyclic N) is 1. The summed E-state index contributed by atoms with van der Waals surface area (Å²) in [6.45, 7) is 1.76. The van der Waals surface area contributed by atoms with Crippen molar-refractivity contribution >= 4 is 16.9 Å². The van der Waals surface area contributed by atoms with E-state index >= 15 is 0 Å². The molecule has 1 aromatic carbocycles. The van der Waals surface area contributed by atoms with Gasteiger partial charge in [0.25, 0.3) is 11.5 Å². The van der Waals surface area contributed by atoms with Crippen LogP contribution in [0, 0.1) is 0 Å². The molecule has 0 saturated carbocycles. The van der Waals surface area contributed by atoms with Gasteiger partial charge in [0.1, 0.15) is 0 Å². The number of carbonyl (C=O) groups excluding carboxylic acids is 1. The van der Waals surface area contributed by atoms with Gasteiger partial charge in [-0.2, -0.15) is 0 Å². The van der Waals surface area contributed by atoms with Crippen molar-refractivity contribution in [2.75, 3.05) is 13.1 Å². The topological polar surface area (TPSA) is 107 Å². The first-order valence-electron chi connectivity index (χ1n) is 7.07. The first-order valence-corrected chi connectivity index (χ1v) is 7.07. The lowest BCUT2D eigenvalue weighted by Gasteiger charge is -2.39. The summed E-state index contributed by atoms with van der Waals surface area (Å²) in [5.74, 6) is -0.540. The van der Waals surface area contributed by atoms with Crippen molar-refractivity contribution in [3.63, 3.8) is 0 Å². The van der Waals surface area contributed by atoms with E-state index in [1.54, 1.807) is 24.3 Å². The number of hydrogen-bond donors (Lipinski definition) is 3. The number of aliphatic hydroxyl groups is 2. The van der Waals surface area contributed by atoms with Crippen LogP contribution in [0.1, 0.15) is 23.8 Å². The van der Waals surface area contributed by atoms with Gasteiger partial charge < -0.3 is 20.1 Å². The lowest BCUT2D eigenvalue weighted by Crippen LogP contribution is -2.55. The second kappa shape index (κ2) is 5.19. The highest BCUT2D eigenvalue weighted by atomic mass is 16.3. The predicted octanol–water partition coefficient (Wildman–Crippen LogP) is -0.119. The summed E-state index contributed by atoms with van der Waals surface area (Å²) in [5.41, 5.74) is -0.899. The second-order valence-corrected chi connectivity index (χ2v) is 5.81. The number of benzene rings is 1. The molecule has 2 heterocycles. The summed E-state index contributed by atoms with van der Waals surface area (Å²) in [5, 5.41) is 19.8. The largest absolute Gasteiger partial charge is 0.388 e. The third-order valence-corrected chi connectivity index (χ3v) is 4.09. The zero-order valence-corrected chi connectivity index (χ0v) is 12.1. The molecule has 3 rings (SSSR count). The van der Waals surface area contributed by atoms with E-state index in [4.69, 9.17) is 0 Å². The standard InChI is InChI=1S/C15H17N3O4/c1-15(22)6-7-18(8-11(15)19)14(21)12-13(20)17-10-5-3-2-4-9(10)16-12/h2-5,11,19,22H,6-8H2,1H3,(H,17,20)/t11-,15-/m0/s1. The number of carbonyl (C=O) groups is 1. The van der Waals surface area contributed by atoms with Gasteiger partial charge in [-0.05, 0) is 25.5 Å². The van der Waals surface area contributed by atoms with Crippen molar-refractivity contribution in [2.24, 2.45) is 0 Å². The molecule has 7 nitrogen and oxygen atoms in total. The summed E-state index contributed by atoms with van der Waals surface area (Å²) < 4.78 is 0. The van der Waals surface area contributed by atoms with Crippen molar-refractivity contribution in [3.8, 4) is 0 Å². The molecular weight excluding hydrogens is 286 g/mol. The van der Waals surface area contributed by atoms with Gasteiger partial charge in [0, 0.05) is 13.1 Å². The molecule has 116 valence electrons. The van der Waals surface area contributed by atoms with Crippen molar-refractivity contribution < 1.29 is 15.0 Å². The highest BCUT2D eigenvalue weighted by molar-refractivity contribution is 5.93. The van der Waals surface area contributed by atoms with Crippen LogP contribution in [0.2, 0.25) is 0 Å². The molecule has 3 N–H and O–H groups in total. The Balaban J connectivity index is 1.93. The Bertz CT molecular complexity index is 784. The zero-order valence-electron chi connectivity index (χ0n) is 12.1. The van der Waals surface area contributed by atoms with E-state index in [0.717, 1.165) is 0 Å². The van der Waals surface area contributed by atoms with Crippen molar-refractivity contribution in [1.29, 1.82) is 0 Å². The van der Waals surface area contributed by atoms with Gasteiger partial charge in [-0.25, -0.2) is 4.98 Å². The zero-order chi connectivity index (χ0) is 15.9. The minimum absolute atomic E-state index is 0.0280. The molecule has 1 amide bonds. The number of para-hydroxylation sites is 2. The van der Waals surface area contributed by atoms with Crippen LogP contribution in [-0.4, -0.2) is 55.8 Å². The van der Waals surface area contributed by atoms with E-state index < -0.39 is 23.2 Å². The SMILES string of the molecule is C[C@]1(O)CCN(C(=O)c2nc3ccccc3[nH]c2=O)C[C@@H]1O. The highest BCUT2D eigenvalue weighted by Crippen LogP contribution is 2.22. The van der Waals surface area contributed by atoms with Crippen molar-refractivity contribution in [1.82, 2.24) is 14.9 Å². The quantitative estimate of drug-likeness (QED) is 0.681. The number of piperidine rings is 1. The number of aliphatic hydroxyl groups excluding tert-OH is 1. The minimum Gasteiger partial charge on any atom is -0.388 e. The number of rotatable bonds is 1. The minimum atomic E-state index is -1.22. The number of hydrogen-bond acceptors (Lipinski definition) is 5. The van der Waals surface area contributed by atoms with Gasteiger partial charge in [0.05, 0.1) is 22.7 Å². The molecule has 1 saturated heterocycles. The first-order chi connectivity index (χ1) is 10.4. The fourth-order valence-electron chi connectivity index (χ4n) is 2.53. The molecule has 1 aliphatic rings. The van der Waals surface area contributed by atoms with Gasteiger partial charge in [-0.3, -0.25) is 9.59 Å². The van der Waals surface area contributed by atoms with E-state index in [9.17, 15) is 19.8 Å². The van der Waals surface area contributed by atoms with Crippen LogP contribution in [0.5, 0.6) is 0 Å². The molecule has 22 heavy (non-hydrogen) atoms. The van der Waals surface area contributed by atoms with Gasteiger partial charge in [0.15, 0.2) is 5.69 Å². The van der Waals surface area contributed by atoms with Gasteiger partial charge in [-0.15, -0.1) is 0 Å². The summed E-state index contributed by atoms with van der Waals surface area (Å²) in [6, 6.07) is 6.95. The van der Waals surface area contributed by atoms with E-state index in [1.807, 2.05) is 0 Å². The molecule has 2 aromatic rings. The molecule has 1 aliphatic heterocycles. The lowest BCUT2D eigenvalue weighted by molar-refractivity contribution is -0.1000. The molecule has 0 unspecified atom stereocenters. The first kappa shape index (κ1) is 14.7. The lowest BCUT2D eigenvalue weighted by atomic mass is 9.90. The third kappa shape index (κ3) is 2.49. The van der Waals surface area contributed by atoms with Crippen LogP contribution in [0.3, 0.4) is 0 Å². The van der Waals surface area contributed by atoms with Crippen molar-refractivity contribution in [2.45, 2.75) is 25.0 Å². The monoisotopic (exact) mass is 303 g/mol. The predicted molar refractivity (Wildman–Crippen MR) is 79.5 cm³/mol. The van der Waals surface area contributed by atoms with E-state index in [2.05, 4.69) is 9.97 Å². The molecule has 7 heteroatoms. The Morgan fingerprint density at radius 2 is 2.18 bits per heavy atom. The van der Waals surface area contributed by atoms with E-state index in [0.29, 0.717) is 11.0 Å². The van der Waals surface area contributed by atoms with Crippen LogP contribution in [0.4, 0.5) is 0 Å². The number of nitrogens with zero attached hydrogens (tertiary/aromatic N) is 2. The average Bonchev–Trinajstić information content (AvgIpc) is 2.48. The summed E-state index contributed by atoms with van der Waals surface area (Å²) in [7, 11) is 0. The number of aromatic amines is 1. The second-order valence-electron chi connectivity index (χ2n) is 5.81. The summed E-state index contributed by atoms with van der Waals surface area (Å²) in [6.07, 6.45) is -0.810. The maximum atomic E-state index is 12.5. The van der Waals surface area contributed by atoms with Crippen LogP contribution in [0.25, 0.3) is 11.0 Å². The fraction of sp³-hybridized carbons (Fsp3) is 0.400. The molecule has 1 aromatic heterocycles. The Labute approximate surface area is 126 Å². The normalized spacial score (nSPS) is 25.4. The Hall–Kier alpha value is -2.25. The summed E-state index contributed by atoms with van der Waals surface area (Å²) in [4.78, 5) is 32.6. The van der Waals surface area contributed by atoms with Crippen LogP contribution < -0.4 is 5.56 Å². The molecule has 2 atom stereocenters. The Kier molecular flexibility index (Phi) is 3.46. The average molecular weight is 303 g/mol. The summed E-state index contributed by atoms with van der Waals surface area (Å²) >= 11 is 0. The van der Waals surface area contributed by atoms with Gasteiger partial charge in [0.2, 0.25) is 0 Å². The molecule has 0 aliphatic carbocycles. The van der Waals surface area contributed by atoms with Crippen LogP contribution in [0.15, 0.2) is 29.1 Å². The van der Waals surface area contributed by atoms with E-state index in [-0.39, 0.29) is 25.2 Å². The Morgan fingerprint density at radius 3 is 2.91 bits per heavy atom. The third-order valence-electron chi connectivity index (χ3n) is 4.09. The van der Waals surface area contributed by atoms with Crippen LogP contribution in [-0.2, 0) is 0 Å². The van der Waals surface area contributed by atoms with Crippen molar-refractivity contribution in [3.05, 3.63) is 40.3 Å². The molecule has 0 spiro atoms. The van der Waals surface area contributed by atoms with Gasteiger partial charge in [-0.1, -0.05) is 12.1 Å². The maximum Gasteiger partial charge on any atom is 0.280 e. The smallest absolute Gasteiger partial charge is 0.280 e. The van der Waals surface area contributed by atoms with Crippen LogP contribution >= 0.6 is 0 Å². The fourth-order valence-corrected chi connectivity index (χ4v) is 2.53. The number of H-pyrrole nitrogens is 1. The number of nitrogens with one attached hydrogen (secondary N) is 1. The molecule has 1 fully saturated rings. The Morgan fingerprint density at radius 1 is 1.45 bits per heavy atom. The number of aromatic nitrogens is 2. The maximum absolute atomic E-state index is 12.5. The molecular formula is C15H17N3O4. The van der Waals surface area contributed by atoms with E-state index in [1.165, 1.54) is 11.8 Å². The number of fused-ring (bicyclic) bond motifs is 1. The molecule has 0 radical (unpaired) electrons. The molecule has 0 bridgehead atoms.